The summed E-state index contributed by atoms with van der Waals surface area (Å²) in [7, 11) is 0. The highest BCUT2D eigenvalue weighted by atomic mass is 16.6. The van der Waals surface area contributed by atoms with Crippen LogP contribution in [0.5, 0.6) is 0 Å². The molecule has 1 aliphatic rings. The lowest BCUT2D eigenvalue weighted by Crippen LogP contribution is -2.55. The first-order valence-corrected chi connectivity index (χ1v) is 9.11. The van der Waals surface area contributed by atoms with Gasteiger partial charge in [-0.15, -0.1) is 0 Å². The molecule has 1 fully saturated rings. The third kappa shape index (κ3) is 8.34. The number of aliphatic carboxylic acids is 1. The monoisotopic (exact) mass is 416 g/mol. The van der Waals surface area contributed by atoms with E-state index in [2.05, 4.69) is 16.0 Å². The van der Waals surface area contributed by atoms with Gasteiger partial charge in [0.05, 0.1) is 0 Å². The third-order valence-electron chi connectivity index (χ3n) is 3.71. The van der Waals surface area contributed by atoms with Gasteiger partial charge in [-0.2, -0.15) is 0 Å². The number of carbonyl (C=O) groups excluding carboxylic acids is 4. The highest BCUT2D eigenvalue weighted by Gasteiger charge is 2.49. The van der Waals surface area contributed by atoms with E-state index < -0.39 is 66.2 Å². The van der Waals surface area contributed by atoms with E-state index in [1.54, 1.807) is 27.7 Å². The lowest BCUT2D eigenvalue weighted by Gasteiger charge is -2.24. The molecule has 12 nitrogen and oxygen atoms in total. The highest BCUT2D eigenvalue weighted by Crippen LogP contribution is 2.21. The summed E-state index contributed by atoms with van der Waals surface area (Å²) in [6.07, 6.45) is -2.13. The summed E-state index contributed by atoms with van der Waals surface area (Å²) in [6.45, 7) is 6.33. The zero-order chi connectivity index (χ0) is 22.4. The van der Waals surface area contributed by atoms with Gasteiger partial charge in [-0.05, 0) is 27.2 Å². The number of nitrogens with two attached hydrogens (primary N) is 1. The van der Waals surface area contributed by atoms with Gasteiger partial charge >= 0.3 is 12.1 Å². The number of hydrogen-bond donors (Lipinski definition) is 5. The van der Waals surface area contributed by atoms with Gasteiger partial charge in [0, 0.05) is 6.54 Å². The molecule has 4 atom stereocenters. The molecule has 12 heteroatoms. The van der Waals surface area contributed by atoms with E-state index in [1.807, 2.05) is 0 Å². The Balaban J connectivity index is 2.63. The Morgan fingerprint density at radius 2 is 1.72 bits per heavy atom. The van der Waals surface area contributed by atoms with Crippen LogP contribution in [0.2, 0.25) is 0 Å². The summed E-state index contributed by atoms with van der Waals surface area (Å²) in [4.78, 5) is 58.5. The largest absolute Gasteiger partial charge is 0.480 e. The van der Waals surface area contributed by atoms with E-state index in [0.29, 0.717) is 6.42 Å². The molecule has 0 aromatic carbocycles. The van der Waals surface area contributed by atoms with E-state index >= 15 is 0 Å². The fourth-order valence-electron chi connectivity index (χ4n) is 2.31. The smallest absolute Gasteiger partial charge is 0.408 e. The van der Waals surface area contributed by atoms with Gasteiger partial charge in [-0.3, -0.25) is 14.4 Å². The molecule has 2 unspecified atom stereocenters. The summed E-state index contributed by atoms with van der Waals surface area (Å²) < 4.78 is 9.89. The van der Waals surface area contributed by atoms with Gasteiger partial charge in [0.15, 0.2) is 12.2 Å². The second-order valence-corrected chi connectivity index (χ2v) is 7.51. The van der Waals surface area contributed by atoms with Gasteiger partial charge in [0.25, 0.3) is 5.91 Å². The van der Waals surface area contributed by atoms with E-state index in [4.69, 9.17) is 15.2 Å². The van der Waals surface area contributed by atoms with Gasteiger partial charge in [0.2, 0.25) is 11.8 Å². The molecule has 0 spiro atoms. The number of hydrogen-bond acceptors (Lipinski definition) is 7. The van der Waals surface area contributed by atoms with Gasteiger partial charge in [-0.1, -0.05) is 13.3 Å². The molecular formula is C17H28N4O8. The van der Waals surface area contributed by atoms with Crippen LogP contribution in [0.4, 0.5) is 4.79 Å². The zero-order valence-corrected chi connectivity index (χ0v) is 16.8. The Morgan fingerprint density at radius 1 is 1.10 bits per heavy atom. The molecule has 1 heterocycles. The first-order valence-electron chi connectivity index (χ1n) is 9.11. The minimum absolute atomic E-state index is 0.250. The topological polar surface area (TPSA) is 189 Å². The number of epoxide rings is 1. The molecule has 164 valence electrons. The van der Waals surface area contributed by atoms with Crippen LogP contribution in [0.1, 0.15) is 40.5 Å². The first-order chi connectivity index (χ1) is 13.4. The van der Waals surface area contributed by atoms with E-state index in [9.17, 15) is 29.1 Å². The van der Waals surface area contributed by atoms with Crippen LogP contribution >= 0.6 is 0 Å². The average molecular weight is 416 g/mol. The maximum Gasteiger partial charge on any atom is 0.408 e. The summed E-state index contributed by atoms with van der Waals surface area (Å²) in [5.74, 6) is -3.65. The lowest BCUT2D eigenvalue weighted by atomic mass is 10.1. The number of amides is 4. The van der Waals surface area contributed by atoms with E-state index in [-0.39, 0.29) is 6.42 Å². The van der Waals surface area contributed by atoms with Crippen LogP contribution in [0.3, 0.4) is 0 Å². The van der Waals surface area contributed by atoms with E-state index in [0.717, 1.165) is 0 Å². The minimum Gasteiger partial charge on any atom is -0.480 e. The molecule has 0 radical (unpaired) electrons. The average Bonchev–Trinajstić information content (AvgIpc) is 3.36. The summed E-state index contributed by atoms with van der Waals surface area (Å²) in [5, 5.41) is 16.2. The van der Waals surface area contributed by atoms with Crippen molar-refractivity contribution in [3.63, 3.8) is 0 Å². The standard InChI is InChI=1S/C17H28N4O8/c1-5-6-8(21-16(27)29-17(2,3)4)13(23)20-9(15(25)26)7-19-14(24)11-10(28-11)12(18)22/h8-11H,5-7H2,1-4H3,(H2,18,22)(H,19,24)(H,20,23)(H,21,27)(H,25,26)/t8-,9-,10?,11?/m0/s1. The van der Waals surface area contributed by atoms with Crippen LogP contribution in [0, 0.1) is 0 Å². The predicted molar refractivity (Wildman–Crippen MR) is 98.5 cm³/mol. The zero-order valence-electron chi connectivity index (χ0n) is 16.8. The molecule has 4 amide bonds. The second-order valence-electron chi connectivity index (χ2n) is 7.51. The first kappa shape index (κ1) is 24.1. The molecule has 6 N–H and O–H groups in total. The SMILES string of the molecule is CCC[C@H](NC(=O)OC(C)(C)C)C(=O)N[C@@H](CNC(=O)C1OC1C(N)=O)C(=O)O. The van der Waals surface area contributed by atoms with Crippen LogP contribution in [0.25, 0.3) is 0 Å². The van der Waals surface area contributed by atoms with Crippen molar-refractivity contribution in [1.82, 2.24) is 16.0 Å². The van der Waals surface area contributed by atoms with Crippen LogP contribution in [0.15, 0.2) is 0 Å². The number of carboxylic acids is 1. The molecular weight excluding hydrogens is 388 g/mol. The Kier molecular flexibility index (Phi) is 8.37. The predicted octanol–water partition coefficient (Wildman–Crippen LogP) is -1.38. The number of rotatable bonds is 10. The second kappa shape index (κ2) is 10.0. The van der Waals surface area contributed by atoms with Gasteiger partial charge in [-0.25, -0.2) is 9.59 Å². The number of carboxylic acid groups (broad SMARTS) is 1. The van der Waals surface area contributed by atoms with Crippen molar-refractivity contribution >= 4 is 29.8 Å². The minimum atomic E-state index is -1.46. The Morgan fingerprint density at radius 3 is 2.17 bits per heavy atom. The normalized spacial score (nSPS) is 20.0. The molecule has 0 saturated carbocycles. The molecule has 1 rings (SSSR count). The number of alkyl carbamates (subject to hydrolysis) is 1. The summed E-state index contributed by atoms with van der Waals surface area (Å²) in [6, 6.07) is -2.48. The Labute approximate surface area is 167 Å². The third-order valence-corrected chi connectivity index (χ3v) is 3.71. The Bertz CT molecular complexity index is 660. The fraction of sp³-hybridized carbons (Fsp3) is 0.706. The van der Waals surface area contributed by atoms with Crippen LogP contribution in [-0.4, -0.2) is 71.3 Å². The van der Waals surface area contributed by atoms with Crippen molar-refractivity contribution in [2.24, 2.45) is 5.73 Å². The maximum absolute atomic E-state index is 12.4. The van der Waals surface area contributed by atoms with E-state index in [1.165, 1.54) is 0 Å². The number of primary amides is 1. The van der Waals surface area contributed by atoms with Crippen molar-refractivity contribution in [3.8, 4) is 0 Å². The highest BCUT2D eigenvalue weighted by molar-refractivity contribution is 5.94. The molecule has 0 aromatic rings. The van der Waals surface area contributed by atoms with Gasteiger partial charge in [0.1, 0.15) is 17.7 Å². The van der Waals surface area contributed by atoms with Crippen LogP contribution < -0.4 is 21.7 Å². The van der Waals surface area contributed by atoms with Crippen LogP contribution in [-0.2, 0) is 28.7 Å². The maximum atomic E-state index is 12.4. The number of ether oxygens (including phenoxy) is 2. The van der Waals surface area contributed by atoms with Crippen molar-refractivity contribution in [1.29, 1.82) is 0 Å². The van der Waals surface area contributed by atoms with Crippen molar-refractivity contribution < 1.29 is 38.6 Å². The van der Waals surface area contributed by atoms with Crippen molar-refractivity contribution in [3.05, 3.63) is 0 Å². The molecule has 29 heavy (non-hydrogen) atoms. The number of carbonyl (C=O) groups is 5. The van der Waals surface area contributed by atoms with Crippen molar-refractivity contribution in [2.45, 2.75) is 70.4 Å². The molecule has 1 saturated heterocycles. The number of nitrogens with one attached hydrogen (secondary N) is 3. The Hall–Kier alpha value is -2.89. The fourth-order valence-corrected chi connectivity index (χ4v) is 2.31. The summed E-state index contributed by atoms with van der Waals surface area (Å²) >= 11 is 0. The molecule has 0 bridgehead atoms. The molecule has 0 aliphatic carbocycles. The lowest BCUT2D eigenvalue weighted by molar-refractivity contribution is -0.142. The molecule has 1 aliphatic heterocycles. The summed E-state index contributed by atoms with van der Waals surface area (Å²) in [5.41, 5.74) is 4.23. The van der Waals surface area contributed by atoms with Gasteiger partial charge < -0.3 is 36.3 Å². The quantitative estimate of drug-likeness (QED) is 0.269. The van der Waals surface area contributed by atoms with Crippen molar-refractivity contribution in [2.75, 3.05) is 6.54 Å². The molecule has 0 aromatic heterocycles.